The Labute approximate surface area is 156 Å². The van der Waals surface area contributed by atoms with Gasteiger partial charge in [-0.1, -0.05) is 19.3 Å². The first kappa shape index (κ1) is 18.7. The monoisotopic (exact) mass is 357 g/mol. The molecule has 2 aliphatic rings. The van der Waals surface area contributed by atoms with Gasteiger partial charge >= 0.3 is 0 Å². The number of nitrogens with two attached hydrogens (primary N) is 1. The Bertz CT molecular complexity index is 666. The highest BCUT2D eigenvalue weighted by atomic mass is 16.3. The standard InChI is InChI=1S/C20H31N5O/c1-15-7-3-6-12-25(15)19-14-16(20(26)9-4-2-5-10-20)13-18(24-19)23-17(22)8-11-21/h8,11,13-15,21,26H,2-7,9-10,12,22H2,1H3,(H,23,24)/b17-8+,21-11?. The van der Waals surface area contributed by atoms with Crippen molar-refractivity contribution < 1.29 is 5.11 Å². The summed E-state index contributed by atoms with van der Waals surface area (Å²) in [5.41, 5.74) is 6.05. The highest BCUT2D eigenvalue weighted by Gasteiger charge is 2.33. The van der Waals surface area contributed by atoms with E-state index in [2.05, 4.69) is 23.2 Å². The van der Waals surface area contributed by atoms with Crippen LogP contribution in [-0.4, -0.2) is 28.9 Å². The van der Waals surface area contributed by atoms with Crippen LogP contribution in [0.5, 0.6) is 0 Å². The number of nitrogens with zero attached hydrogens (tertiary/aromatic N) is 2. The fourth-order valence-corrected chi connectivity index (χ4v) is 4.14. The van der Waals surface area contributed by atoms with Crippen LogP contribution in [0.25, 0.3) is 0 Å². The van der Waals surface area contributed by atoms with Crippen molar-refractivity contribution in [2.45, 2.75) is 69.9 Å². The minimum Gasteiger partial charge on any atom is -0.385 e. The van der Waals surface area contributed by atoms with Crippen molar-refractivity contribution in [1.29, 1.82) is 5.41 Å². The summed E-state index contributed by atoms with van der Waals surface area (Å²) in [5, 5.41) is 21.5. The van der Waals surface area contributed by atoms with E-state index in [0.29, 0.717) is 17.7 Å². The summed E-state index contributed by atoms with van der Waals surface area (Å²) >= 11 is 0. The molecule has 142 valence electrons. The second kappa shape index (κ2) is 8.08. The Morgan fingerprint density at radius 2 is 2.08 bits per heavy atom. The molecule has 6 nitrogen and oxygen atoms in total. The third-order valence-electron chi connectivity index (χ3n) is 5.66. The van der Waals surface area contributed by atoms with Gasteiger partial charge in [-0.15, -0.1) is 0 Å². The summed E-state index contributed by atoms with van der Waals surface area (Å²) in [7, 11) is 0. The van der Waals surface area contributed by atoms with Crippen LogP contribution in [0.4, 0.5) is 11.6 Å². The number of allylic oxidation sites excluding steroid dienone is 1. The van der Waals surface area contributed by atoms with Gasteiger partial charge in [0, 0.05) is 18.8 Å². The lowest BCUT2D eigenvalue weighted by atomic mass is 9.80. The molecule has 2 fully saturated rings. The fourth-order valence-electron chi connectivity index (χ4n) is 4.14. The van der Waals surface area contributed by atoms with Crippen LogP contribution in [0.3, 0.4) is 0 Å². The van der Waals surface area contributed by atoms with E-state index in [9.17, 15) is 5.11 Å². The molecule has 0 radical (unpaired) electrons. The number of nitrogens with one attached hydrogen (secondary N) is 2. The van der Waals surface area contributed by atoms with Crippen molar-refractivity contribution in [1.82, 2.24) is 4.98 Å². The lowest BCUT2D eigenvalue weighted by Gasteiger charge is -2.37. The first-order chi connectivity index (χ1) is 12.5. The van der Waals surface area contributed by atoms with E-state index in [1.165, 1.54) is 25.3 Å². The number of aliphatic hydroxyl groups is 1. The van der Waals surface area contributed by atoms with Crippen LogP contribution in [-0.2, 0) is 5.60 Å². The van der Waals surface area contributed by atoms with Crippen molar-refractivity contribution in [3.63, 3.8) is 0 Å². The van der Waals surface area contributed by atoms with E-state index in [4.69, 9.17) is 16.1 Å². The second-order valence-electron chi connectivity index (χ2n) is 7.64. The molecule has 1 aromatic heterocycles. The van der Waals surface area contributed by atoms with Gasteiger partial charge in [0.25, 0.3) is 0 Å². The third kappa shape index (κ3) is 4.18. The van der Waals surface area contributed by atoms with Gasteiger partial charge in [0.2, 0.25) is 0 Å². The summed E-state index contributed by atoms with van der Waals surface area (Å²) in [6.45, 7) is 3.22. The molecule has 2 heterocycles. The Hall–Kier alpha value is -2.08. The van der Waals surface area contributed by atoms with Crippen LogP contribution in [0.1, 0.15) is 63.9 Å². The van der Waals surface area contributed by atoms with Gasteiger partial charge in [0.15, 0.2) is 0 Å². The summed E-state index contributed by atoms with van der Waals surface area (Å²) in [5.74, 6) is 1.90. The summed E-state index contributed by atoms with van der Waals surface area (Å²) in [4.78, 5) is 7.10. The minimum atomic E-state index is -0.786. The summed E-state index contributed by atoms with van der Waals surface area (Å²) < 4.78 is 0. The average Bonchev–Trinajstić information content (AvgIpc) is 2.62. The molecule has 0 amide bonds. The molecular weight excluding hydrogens is 326 g/mol. The van der Waals surface area contributed by atoms with Crippen molar-refractivity contribution in [3.05, 3.63) is 29.6 Å². The van der Waals surface area contributed by atoms with Gasteiger partial charge < -0.3 is 26.5 Å². The highest BCUT2D eigenvalue weighted by Crippen LogP contribution is 2.39. The Morgan fingerprint density at radius 3 is 2.77 bits per heavy atom. The molecule has 3 rings (SSSR count). The molecule has 1 atom stereocenters. The molecule has 1 saturated heterocycles. The number of piperidine rings is 1. The SMILES string of the molecule is CC1CCCCN1c1cc(C2(O)CCCCC2)cc(N/C(N)=C/C=N)n1. The van der Waals surface area contributed by atoms with Gasteiger partial charge in [-0.25, -0.2) is 4.98 Å². The largest absolute Gasteiger partial charge is 0.385 e. The minimum absolute atomic E-state index is 0.373. The molecule has 1 saturated carbocycles. The molecule has 0 aromatic carbocycles. The first-order valence-corrected chi connectivity index (χ1v) is 9.77. The number of hydrogen-bond donors (Lipinski definition) is 4. The lowest BCUT2D eigenvalue weighted by molar-refractivity contribution is -0.000624. The van der Waals surface area contributed by atoms with E-state index in [1.807, 2.05) is 6.07 Å². The van der Waals surface area contributed by atoms with Crippen LogP contribution < -0.4 is 16.0 Å². The fraction of sp³-hybridized carbons (Fsp3) is 0.600. The zero-order valence-electron chi connectivity index (χ0n) is 15.7. The maximum Gasteiger partial charge on any atom is 0.134 e. The molecule has 1 aliphatic heterocycles. The summed E-state index contributed by atoms with van der Waals surface area (Å²) in [6.07, 6.45) is 11.1. The van der Waals surface area contributed by atoms with Crippen molar-refractivity contribution >= 4 is 17.9 Å². The summed E-state index contributed by atoms with van der Waals surface area (Å²) in [6, 6.07) is 4.41. The van der Waals surface area contributed by atoms with E-state index < -0.39 is 5.60 Å². The van der Waals surface area contributed by atoms with Gasteiger partial charge in [-0.05, 0) is 62.8 Å². The lowest BCUT2D eigenvalue weighted by Crippen LogP contribution is -2.38. The molecule has 1 unspecified atom stereocenters. The van der Waals surface area contributed by atoms with Crippen LogP contribution in [0.15, 0.2) is 24.0 Å². The maximum absolute atomic E-state index is 11.2. The molecule has 0 spiro atoms. The molecule has 6 heteroatoms. The molecule has 5 N–H and O–H groups in total. The molecular formula is C20H31N5O. The average molecular weight is 358 g/mol. The van der Waals surface area contributed by atoms with Crippen LogP contribution in [0.2, 0.25) is 0 Å². The molecule has 0 bridgehead atoms. The highest BCUT2D eigenvalue weighted by molar-refractivity contribution is 5.70. The van der Waals surface area contributed by atoms with Gasteiger partial charge in [-0.3, -0.25) is 0 Å². The maximum atomic E-state index is 11.2. The van der Waals surface area contributed by atoms with Crippen molar-refractivity contribution in [2.75, 3.05) is 16.8 Å². The normalized spacial score (nSPS) is 23.5. The van der Waals surface area contributed by atoms with Crippen LogP contribution in [0, 0.1) is 5.41 Å². The zero-order chi connectivity index (χ0) is 18.6. The van der Waals surface area contributed by atoms with Crippen molar-refractivity contribution in [2.24, 2.45) is 5.73 Å². The number of rotatable bonds is 5. The second-order valence-corrected chi connectivity index (χ2v) is 7.64. The van der Waals surface area contributed by atoms with E-state index in [1.54, 1.807) is 0 Å². The molecule has 1 aliphatic carbocycles. The van der Waals surface area contributed by atoms with Gasteiger partial charge in [-0.2, -0.15) is 0 Å². The Kier molecular flexibility index (Phi) is 5.81. The predicted octanol–water partition coefficient (Wildman–Crippen LogP) is 3.47. The Morgan fingerprint density at radius 1 is 1.31 bits per heavy atom. The van der Waals surface area contributed by atoms with E-state index in [-0.39, 0.29) is 0 Å². The number of pyridine rings is 1. The quantitative estimate of drug-likeness (QED) is 0.605. The predicted molar refractivity (Wildman–Crippen MR) is 107 cm³/mol. The number of hydrogen-bond acceptors (Lipinski definition) is 6. The first-order valence-electron chi connectivity index (χ1n) is 9.77. The number of anilines is 2. The van der Waals surface area contributed by atoms with Crippen LogP contribution >= 0.6 is 0 Å². The van der Waals surface area contributed by atoms with E-state index >= 15 is 0 Å². The molecule has 26 heavy (non-hydrogen) atoms. The Balaban J connectivity index is 1.98. The molecule has 1 aromatic rings. The topological polar surface area (TPSA) is 98.3 Å². The van der Waals surface area contributed by atoms with Crippen molar-refractivity contribution in [3.8, 4) is 0 Å². The smallest absolute Gasteiger partial charge is 0.134 e. The van der Waals surface area contributed by atoms with E-state index in [0.717, 1.165) is 56.2 Å². The zero-order valence-corrected chi connectivity index (χ0v) is 15.7. The van der Waals surface area contributed by atoms with Gasteiger partial charge in [0.1, 0.15) is 17.5 Å². The number of aromatic nitrogens is 1. The van der Waals surface area contributed by atoms with Gasteiger partial charge in [0.05, 0.1) is 5.60 Å². The third-order valence-corrected chi connectivity index (χ3v) is 5.66.